The minimum Gasteiger partial charge on any atom is -0.352 e. The smallest absolute Gasteiger partial charge is 0.254 e. The molecular formula is C24H24BrClN4O. The third-order valence-corrected chi connectivity index (χ3v) is 5.22. The summed E-state index contributed by atoms with van der Waals surface area (Å²) in [6.45, 7) is 4.39. The Kier molecular flexibility index (Phi) is 8.20. The van der Waals surface area contributed by atoms with Gasteiger partial charge < -0.3 is 10.3 Å². The molecule has 0 aliphatic rings. The highest BCUT2D eigenvalue weighted by Crippen LogP contribution is 2.26. The van der Waals surface area contributed by atoms with Crippen LogP contribution in [0.2, 0.25) is 0 Å². The summed E-state index contributed by atoms with van der Waals surface area (Å²) in [5.74, 6) is 0.475. The number of fused-ring (bicyclic) bond motifs is 1. The molecule has 0 fully saturated rings. The molecule has 2 aromatic heterocycles. The first-order chi connectivity index (χ1) is 15.0. The van der Waals surface area contributed by atoms with E-state index in [2.05, 4.69) is 49.2 Å². The average Bonchev–Trinajstić information content (AvgIpc) is 3.18. The number of pyridine rings is 1. The zero-order valence-corrected chi connectivity index (χ0v) is 19.8. The number of allylic oxidation sites excluding steroid dienone is 5. The Hall–Kier alpha value is -2.70. The number of H-pyrrole nitrogens is 1. The van der Waals surface area contributed by atoms with E-state index in [0.717, 1.165) is 17.6 Å². The lowest BCUT2D eigenvalue weighted by Crippen LogP contribution is -2.25. The highest BCUT2D eigenvalue weighted by atomic mass is 79.9. The normalized spacial score (nSPS) is 12.6. The first kappa shape index (κ1) is 23.0. The number of carbonyl (C=O) groups is 1. The maximum atomic E-state index is 13.0. The van der Waals surface area contributed by atoms with Crippen LogP contribution in [-0.2, 0) is 0 Å². The predicted octanol–water partition coefficient (Wildman–Crippen LogP) is 6.54. The van der Waals surface area contributed by atoms with Crippen LogP contribution in [0.3, 0.4) is 0 Å². The van der Waals surface area contributed by atoms with E-state index in [0.29, 0.717) is 45.0 Å². The van der Waals surface area contributed by atoms with Crippen LogP contribution in [-0.4, -0.2) is 27.4 Å². The molecule has 0 unspecified atom stereocenters. The van der Waals surface area contributed by atoms with Crippen molar-refractivity contribution in [3.8, 4) is 11.4 Å². The van der Waals surface area contributed by atoms with E-state index in [1.54, 1.807) is 6.20 Å². The Morgan fingerprint density at radius 1 is 1.29 bits per heavy atom. The molecule has 3 aromatic rings. The molecule has 160 valence electrons. The number of aromatic amines is 1. The molecule has 0 bridgehead atoms. The maximum absolute atomic E-state index is 13.0. The first-order valence-electron chi connectivity index (χ1n) is 10.1. The van der Waals surface area contributed by atoms with Gasteiger partial charge in [-0.05, 0) is 47.3 Å². The molecule has 0 radical (unpaired) electrons. The second kappa shape index (κ2) is 11.1. The SMILES string of the molecule is CC/C=C/C=C(\C=C(/C)Cl)CCNC(=O)c1c(Br)cnc2nc(-c3ccccc3)[nH]c12. The van der Waals surface area contributed by atoms with Crippen LogP contribution in [0, 0.1) is 0 Å². The topological polar surface area (TPSA) is 70.7 Å². The number of nitrogens with one attached hydrogen (secondary N) is 2. The number of carbonyl (C=O) groups excluding carboxylic acids is 1. The van der Waals surface area contributed by atoms with Gasteiger partial charge in [0.05, 0.1) is 15.6 Å². The van der Waals surface area contributed by atoms with E-state index < -0.39 is 0 Å². The number of hydrogen-bond donors (Lipinski definition) is 2. The molecule has 2 heterocycles. The second-order valence-electron chi connectivity index (χ2n) is 6.95. The number of aromatic nitrogens is 3. The van der Waals surface area contributed by atoms with Gasteiger partial charge in [-0.2, -0.15) is 0 Å². The molecule has 31 heavy (non-hydrogen) atoms. The van der Waals surface area contributed by atoms with Gasteiger partial charge in [0.25, 0.3) is 5.91 Å². The van der Waals surface area contributed by atoms with Gasteiger partial charge in [0, 0.05) is 23.3 Å². The third-order valence-electron chi connectivity index (χ3n) is 4.51. The lowest BCUT2D eigenvalue weighted by atomic mass is 10.1. The fraction of sp³-hybridized carbons (Fsp3) is 0.208. The summed E-state index contributed by atoms with van der Waals surface area (Å²) in [5, 5.41) is 3.69. The van der Waals surface area contributed by atoms with Crippen molar-refractivity contribution in [2.24, 2.45) is 0 Å². The second-order valence-corrected chi connectivity index (χ2v) is 8.40. The van der Waals surface area contributed by atoms with E-state index in [-0.39, 0.29) is 5.91 Å². The average molecular weight is 500 g/mol. The molecule has 7 heteroatoms. The number of rotatable bonds is 8. The zero-order chi connectivity index (χ0) is 22.2. The summed E-state index contributed by atoms with van der Waals surface area (Å²) in [6.07, 6.45) is 11.2. The van der Waals surface area contributed by atoms with Crippen molar-refractivity contribution in [2.45, 2.75) is 26.7 Å². The molecule has 1 aromatic carbocycles. The number of amides is 1. The number of halogens is 2. The lowest BCUT2D eigenvalue weighted by Gasteiger charge is -2.08. The van der Waals surface area contributed by atoms with E-state index in [4.69, 9.17) is 11.6 Å². The van der Waals surface area contributed by atoms with Gasteiger partial charge in [0.2, 0.25) is 0 Å². The summed E-state index contributed by atoms with van der Waals surface area (Å²) < 4.78 is 0.610. The van der Waals surface area contributed by atoms with Gasteiger partial charge in [-0.25, -0.2) is 9.97 Å². The molecule has 0 saturated heterocycles. The number of nitrogens with zero attached hydrogens (tertiary/aromatic N) is 2. The number of benzene rings is 1. The van der Waals surface area contributed by atoms with Crippen LogP contribution < -0.4 is 5.32 Å². The van der Waals surface area contributed by atoms with Crippen molar-refractivity contribution in [1.82, 2.24) is 20.3 Å². The fourth-order valence-electron chi connectivity index (χ4n) is 3.08. The standard InChI is InChI=1S/C24H24BrClN4O/c1-3-4-6-9-17(14-16(2)26)12-13-27-24(31)20-19(25)15-28-23-21(20)29-22(30-23)18-10-7-5-8-11-18/h4-11,14-15H,3,12-13H2,1-2H3,(H,27,31)(H,28,29,30)/b6-4+,16-14+,17-9-. The van der Waals surface area contributed by atoms with E-state index in [1.165, 1.54) is 0 Å². The van der Waals surface area contributed by atoms with Crippen LogP contribution in [0.1, 0.15) is 37.0 Å². The minimum absolute atomic E-state index is 0.197. The zero-order valence-electron chi connectivity index (χ0n) is 17.5. The molecule has 1 amide bonds. The van der Waals surface area contributed by atoms with Gasteiger partial charge in [0.1, 0.15) is 5.82 Å². The largest absolute Gasteiger partial charge is 0.352 e. The molecule has 0 spiro atoms. The van der Waals surface area contributed by atoms with Crippen molar-refractivity contribution >= 4 is 44.6 Å². The highest BCUT2D eigenvalue weighted by molar-refractivity contribution is 9.10. The third kappa shape index (κ3) is 6.15. The Balaban J connectivity index is 1.79. The summed E-state index contributed by atoms with van der Waals surface area (Å²) in [5.41, 5.74) is 3.56. The van der Waals surface area contributed by atoms with Crippen LogP contribution in [0.5, 0.6) is 0 Å². The lowest BCUT2D eigenvalue weighted by molar-refractivity contribution is 0.0955. The van der Waals surface area contributed by atoms with E-state index >= 15 is 0 Å². The van der Waals surface area contributed by atoms with E-state index in [9.17, 15) is 4.79 Å². The molecule has 0 atom stereocenters. The molecule has 3 rings (SSSR count). The van der Waals surface area contributed by atoms with Gasteiger partial charge in [0.15, 0.2) is 5.65 Å². The van der Waals surface area contributed by atoms with Gasteiger partial charge >= 0.3 is 0 Å². The molecule has 0 saturated carbocycles. The van der Waals surface area contributed by atoms with Crippen LogP contribution >= 0.6 is 27.5 Å². The Bertz CT molecular complexity index is 1150. The minimum atomic E-state index is -0.197. The van der Waals surface area contributed by atoms with Crippen molar-refractivity contribution in [3.05, 3.63) is 81.5 Å². The summed E-state index contributed by atoms with van der Waals surface area (Å²) in [4.78, 5) is 25.1. The summed E-state index contributed by atoms with van der Waals surface area (Å²) in [6, 6.07) is 9.75. The first-order valence-corrected chi connectivity index (χ1v) is 11.2. The van der Waals surface area contributed by atoms with Crippen molar-refractivity contribution in [1.29, 1.82) is 0 Å². The molecule has 2 N–H and O–H groups in total. The van der Waals surface area contributed by atoms with Crippen LogP contribution in [0.25, 0.3) is 22.6 Å². The van der Waals surface area contributed by atoms with Gasteiger partial charge in [-0.15, -0.1) is 0 Å². The summed E-state index contributed by atoms with van der Waals surface area (Å²) >= 11 is 9.51. The number of imidazole rings is 1. The van der Waals surface area contributed by atoms with Crippen molar-refractivity contribution in [3.63, 3.8) is 0 Å². The highest BCUT2D eigenvalue weighted by Gasteiger charge is 2.18. The maximum Gasteiger partial charge on any atom is 0.254 e. The van der Waals surface area contributed by atoms with Crippen LogP contribution in [0.15, 0.2) is 75.9 Å². The van der Waals surface area contributed by atoms with Gasteiger partial charge in [-0.3, -0.25) is 4.79 Å². The molecular weight excluding hydrogens is 476 g/mol. The Morgan fingerprint density at radius 3 is 2.77 bits per heavy atom. The van der Waals surface area contributed by atoms with E-state index in [1.807, 2.05) is 55.5 Å². The van der Waals surface area contributed by atoms with Gasteiger partial charge in [-0.1, -0.05) is 67.1 Å². The predicted molar refractivity (Wildman–Crippen MR) is 131 cm³/mol. The number of hydrogen-bond acceptors (Lipinski definition) is 3. The van der Waals surface area contributed by atoms with Crippen LogP contribution in [0.4, 0.5) is 0 Å². The van der Waals surface area contributed by atoms with Crippen molar-refractivity contribution in [2.75, 3.05) is 6.54 Å². The Labute approximate surface area is 195 Å². The molecule has 5 nitrogen and oxygen atoms in total. The van der Waals surface area contributed by atoms with Crippen molar-refractivity contribution < 1.29 is 4.79 Å². The molecule has 0 aliphatic heterocycles. The Morgan fingerprint density at radius 2 is 2.06 bits per heavy atom. The summed E-state index contributed by atoms with van der Waals surface area (Å²) in [7, 11) is 0. The monoisotopic (exact) mass is 498 g/mol. The fourth-order valence-corrected chi connectivity index (χ4v) is 3.70. The quantitative estimate of drug-likeness (QED) is 0.346. The molecule has 0 aliphatic carbocycles.